The molecule has 0 bridgehead atoms. The lowest BCUT2D eigenvalue weighted by Crippen LogP contribution is -2.27. The van der Waals surface area contributed by atoms with Crippen molar-refractivity contribution in [3.63, 3.8) is 0 Å². The molecule has 19 heavy (non-hydrogen) atoms. The van der Waals surface area contributed by atoms with Crippen molar-refractivity contribution < 1.29 is 12.8 Å². The van der Waals surface area contributed by atoms with E-state index in [0.717, 1.165) is 10.4 Å². The van der Waals surface area contributed by atoms with Gasteiger partial charge in [-0.15, -0.1) is 0 Å². The number of aromatic nitrogens is 1. The van der Waals surface area contributed by atoms with Crippen molar-refractivity contribution in [2.75, 3.05) is 11.4 Å². The van der Waals surface area contributed by atoms with E-state index < -0.39 is 15.8 Å². The summed E-state index contributed by atoms with van der Waals surface area (Å²) in [4.78, 5) is 4.02. The Kier molecular flexibility index (Phi) is 3.53. The highest BCUT2D eigenvalue weighted by atomic mass is 32.2. The Bertz CT molecular complexity index is 687. The smallest absolute Gasteiger partial charge is 0.253 e. The molecular formula is C13H13FN2O2S. The molecule has 6 heteroatoms. The number of sulfonamides is 1. The molecule has 0 aliphatic carbocycles. The molecule has 0 spiro atoms. The van der Waals surface area contributed by atoms with Crippen LogP contribution in [0.5, 0.6) is 0 Å². The van der Waals surface area contributed by atoms with E-state index in [-0.39, 0.29) is 10.5 Å². The van der Waals surface area contributed by atoms with E-state index >= 15 is 0 Å². The molecule has 1 aromatic carbocycles. The van der Waals surface area contributed by atoms with Crippen molar-refractivity contribution in [3.8, 4) is 0 Å². The van der Waals surface area contributed by atoms with Crippen LogP contribution in [0.3, 0.4) is 0 Å². The second-order valence-electron chi connectivity index (χ2n) is 4.07. The van der Waals surface area contributed by atoms with E-state index in [1.165, 1.54) is 32.3 Å². The Hall–Kier alpha value is -1.95. The fourth-order valence-corrected chi connectivity index (χ4v) is 2.84. The van der Waals surface area contributed by atoms with Crippen LogP contribution in [0.1, 0.15) is 5.56 Å². The Morgan fingerprint density at radius 2 is 1.95 bits per heavy atom. The highest BCUT2D eigenvalue weighted by Gasteiger charge is 2.22. The lowest BCUT2D eigenvalue weighted by molar-refractivity contribution is 0.591. The number of halogens is 1. The van der Waals surface area contributed by atoms with Crippen molar-refractivity contribution in [1.29, 1.82) is 0 Å². The molecule has 0 N–H and O–H groups in total. The van der Waals surface area contributed by atoms with Crippen LogP contribution >= 0.6 is 0 Å². The van der Waals surface area contributed by atoms with Crippen LogP contribution in [-0.4, -0.2) is 20.4 Å². The quantitative estimate of drug-likeness (QED) is 0.867. The van der Waals surface area contributed by atoms with Gasteiger partial charge in [-0.05, 0) is 42.8 Å². The first-order valence-electron chi connectivity index (χ1n) is 5.59. The summed E-state index contributed by atoms with van der Waals surface area (Å²) in [6, 6.07) is 8.69. The average Bonchev–Trinajstić information content (AvgIpc) is 2.41. The second-order valence-corrected chi connectivity index (χ2v) is 6.04. The number of nitrogens with zero attached hydrogens (tertiary/aromatic N) is 2. The first kappa shape index (κ1) is 13.5. The minimum absolute atomic E-state index is 0.0413. The fourth-order valence-electron chi connectivity index (χ4n) is 1.60. The van der Waals surface area contributed by atoms with Gasteiger partial charge in [-0.2, -0.15) is 0 Å². The van der Waals surface area contributed by atoms with E-state index in [1.54, 1.807) is 18.2 Å². The number of aryl methyl sites for hydroxylation is 1. The average molecular weight is 280 g/mol. The van der Waals surface area contributed by atoms with Crippen LogP contribution in [0.15, 0.2) is 47.5 Å². The van der Waals surface area contributed by atoms with Crippen molar-refractivity contribution in [2.24, 2.45) is 0 Å². The predicted octanol–water partition coefficient (Wildman–Crippen LogP) is 2.35. The lowest BCUT2D eigenvalue weighted by Gasteiger charge is -2.18. The van der Waals surface area contributed by atoms with Crippen molar-refractivity contribution in [2.45, 2.75) is 11.8 Å². The summed E-state index contributed by atoms with van der Waals surface area (Å²) in [5.74, 6) is -0.121. The molecule has 1 heterocycles. The minimum atomic E-state index is -3.73. The summed E-state index contributed by atoms with van der Waals surface area (Å²) in [5.41, 5.74) is 0.287. The molecule has 0 fully saturated rings. The van der Waals surface area contributed by atoms with Crippen LogP contribution < -0.4 is 4.31 Å². The summed E-state index contributed by atoms with van der Waals surface area (Å²) in [7, 11) is -2.31. The summed E-state index contributed by atoms with van der Waals surface area (Å²) >= 11 is 0. The number of hydrogen-bond acceptors (Lipinski definition) is 3. The van der Waals surface area contributed by atoms with Crippen molar-refractivity contribution >= 4 is 15.8 Å². The molecule has 0 saturated carbocycles. The van der Waals surface area contributed by atoms with E-state index in [4.69, 9.17) is 0 Å². The van der Waals surface area contributed by atoms with E-state index in [9.17, 15) is 12.8 Å². The summed E-state index contributed by atoms with van der Waals surface area (Å²) in [6.45, 7) is 1.52. The van der Waals surface area contributed by atoms with E-state index in [1.807, 2.05) is 0 Å². The zero-order chi connectivity index (χ0) is 14.0. The second kappa shape index (κ2) is 4.97. The predicted molar refractivity (Wildman–Crippen MR) is 71.0 cm³/mol. The molecule has 0 unspecified atom stereocenters. The molecule has 0 aliphatic heterocycles. The van der Waals surface area contributed by atoms with Gasteiger partial charge >= 0.3 is 0 Å². The number of benzene rings is 1. The normalized spacial score (nSPS) is 11.3. The first-order chi connectivity index (χ1) is 8.93. The van der Waals surface area contributed by atoms with Crippen LogP contribution in [0.2, 0.25) is 0 Å². The first-order valence-corrected chi connectivity index (χ1v) is 7.03. The van der Waals surface area contributed by atoms with Crippen molar-refractivity contribution in [1.82, 2.24) is 4.98 Å². The molecule has 0 radical (unpaired) electrons. The topological polar surface area (TPSA) is 50.3 Å². The number of rotatable bonds is 3. The van der Waals surface area contributed by atoms with Crippen molar-refractivity contribution in [3.05, 3.63) is 54.0 Å². The van der Waals surface area contributed by atoms with Gasteiger partial charge in [0.25, 0.3) is 10.0 Å². The van der Waals surface area contributed by atoms with Gasteiger partial charge in [-0.25, -0.2) is 17.8 Å². The number of anilines is 1. The Balaban J connectivity index is 2.45. The standard InChI is InChI=1S/C13H13FN2O2S/c1-10-9-11(6-7-12(10)14)19(17,18)16(2)13-5-3-4-8-15-13/h3-9H,1-2H3. The van der Waals surface area contributed by atoms with Gasteiger partial charge in [0.1, 0.15) is 11.6 Å². The maximum Gasteiger partial charge on any atom is 0.265 e. The zero-order valence-corrected chi connectivity index (χ0v) is 11.4. The summed E-state index contributed by atoms with van der Waals surface area (Å²) in [5, 5.41) is 0. The van der Waals surface area contributed by atoms with Crippen LogP contribution in [0, 0.1) is 12.7 Å². The molecule has 2 aromatic rings. The fraction of sp³-hybridized carbons (Fsp3) is 0.154. The lowest BCUT2D eigenvalue weighted by atomic mass is 10.2. The molecule has 4 nitrogen and oxygen atoms in total. The maximum atomic E-state index is 13.2. The van der Waals surface area contributed by atoms with E-state index in [0.29, 0.717) is 5.82 Å². The largest absolute Gasteiger partial charge is 0.265 e. The van der Waals surface area contributed by atoms with Gasteiger partial charge in [0, 0.05) is 13.2 Å². The number of hydrogen-bond donors (Lipinski definition) is 0. The van der Waals surface area contributed by atoms with Gasteiger partial charge in [0.2, 0.25) is 0 Å². The molecule has 0 atom stereocenters. The third kappa shape index (κ3) is 2.58. The Labute approximate surface area is 111 Å². The Morgan fingerprint density at radius 1 is 1.21 bits per heavy atom. The SMILES string of the molecule is Cc1cc(S(=O)(=O)N(C)c2ccccn2)ccc1F. The molecule has 0 aliphatic rings. The van der Waals surface area contributed by atoms with Gasteiger partial charge < -0.3 is 0 Å². The maximum absolute atomic E-state index is 13.2. The minimum Gasteiger partial charge on any atom is -0.253 e. The highest BCUT2D eigenvalue weighted by molar-refractivity contribution is 7.92. The molecule has 2 rings (SSSR count). The third-order valence-electron chi connectivity index (χ3n) is 2.76. The third-order valence-corrected chi connectivity index (χ3v) is 4.52. The van der Waals surface area contributed by atoms with Gasteiger partial charge in [0.05, 0.1) is 4.90 Å². The molecular weight excluding hydrogens is 267 g/mol. The van der Waals surface area contributed by atoms with E-state index in [2.05, 4.69) is 4.98 Å². The van der Waals surface area contributed by atoms with Gasteiger partial charge in [0.15, 0.2) is 0 Å². The molecule has 0 saturated heterocycles. The highest BCUT2D eigenvalue weighted by Crippen LogP contribution is 2.21. The number of pyridine rings is 1. The zero-order valence-electron chi connectivity index (χ0n) is 10.5. The molecule has 0 amide bonds. The van der Waals surface area contributed by atoms with Crippen LogP contribution in [0.4, 0.5) is 10.2 Å². The molecule has 100 valence electrons. The summed E-state index contributed by atoms with van der Waals surface area (Å²) < 4.78 is 39.0. The van der Waals surface area contributed by atoms with Gasteiger partial charge in [-0.1, -0.05) is 6.07 Å². The monoisotopic (exact) mass is 280 g/mol. The summed E-state index contributed by atoms with van der Waals surface area (Å²) in [6.07, 6.45) is 1.51. The van der Waals surface area contributed by atoms with Gasteiger partial charge in [-0.3, -0.25) is 4.31 Å². The van der Waals surface area contributed by atoms with Crippen LogP contribution in [0.25, 0.3) is 0 Å². The van der Waals surface area contributed by atoms with Crippen LogP contribution in [-0.2, 0) is 10.0 Å². The molecule has 1 aromatic heterocycles. The Morgan fingerprint density at radius 3 is 2.53 bits per heavy atom.